The Bertz CT molecular complexity index is 1020. The van der Waals surface area contributed by atoms with Crippen molar-refractivity contribution in [1.29, 1.82) is 0 Å². The van der Waals surface area contributed by atoms with Crippen molar-refractivity contribution in [2.24, 2.45) is 14.1 Å². The van der Waals surface area contributed by atoms with Crippen molar-refractivity contribution in [1.82, 2.24) is 9.13 Å². The molecule has 0 amide bonds. The minimum atomic E-state index is -4.40. The topological polar surface area (TPSA) is 47.2 Å². The van der Waals surface area contributed by atoms with Crippen molar-refractivity contribution in [2.75, 3.05) is 4.90 Å². The second-order valence-electron chi connectivity index (χ2n) is 6.23. The summed E-state index contributed by atoms with van der Waals surface area (Å²) in [5.74, 6) is 0. The number of anilines is 1. The molecule has 8 heteroatoms. The molecule has 0 saturated carbocycles. The number of hydrogen-bond acceptors (Lipinski definition) is 3. The summed E-state index contributed by atoms with van der Waals surface area (Å²) in [6.45, 7) is 0. The summed E-state index contributed by atoms with van der Waals surface area (Å²) in [6.07, 6.45) is -0.691. The molecule has 2 bridgehead atoms. The van der Waals surface area contributed by atoms with Gasteiger partial charge in [-0.1, -0.05) is 12.2 Å². The van der Waals surface area contributed by atoms with Gasteiger partial charge in [-0.3, -0.25) is 13.9 Å². The van der Waals surface area contributed by atoms with Crippen molar-refractivity contribution >= 4 is 5.69 Å². The Morgan fingerprint density at radius 1 is 0.920 bits per heavy atom. The van der Waals surface area contributed by atoms with Gasteiger partial charge in [-0.2, -0.15) is 13.2 Å². The first-order valence-corrected chi connectivity index (χ1v) is 7.65. The third kappa shape index (κ3) is 2.03. The second kappa shape index (κ2) is 4.87. The lowest BCUT2D eigenvalue weighted by Crippen LogP contribution is -2.40. The minimum absolute atomic E-state index is 0.344. The third-order valence-electron chi connectivity index (χ3n) is 4.89. The summed E-state index contributed by atoms with van der Waals surface area (Å²) in [5, 5.41) is 0. The van der Waals surface area contributed by atoms with Crippen molar-refractivity contribution < 1.29 is 13.2 Å². The molecule has 25 heavy (non-hydrogen) atoms. The number of hydrogen-bond donors (Lipinski definition) is 0. The van der Waals surface area contributed by atoms with Crippen LogP contribution >= 0.6 is 0 Å². The van der Waals surface area contributed by atoms with Gasteiger partial charge in [-0.05, 0) is 24.3 Å². The van der Waals surface area contributed by atoms with Gasteiger partial charge < -0.3 is 4.90 Å². The van der Waals surface area contributed by atoms with E-state index in [1.54, 1.807) is 7.05 Å². The lowest BCUT2D eigenvalue weighted by molar-refractivity contribution is -0.137. The van der Waals surface area contributed by atoms with Gasteiger partial charge in [0.2, 0.25) is 0 Å². The maximum absolute atomic E-state index is 12.8. The van der Waals surface area contributed by atoms with Gasteiger partial charge in [0, 0.05) is 19.8 Å². The molecule has 2 aliphatic heterocycles. The minimum Gasteiger partial charge on any atom is -0.349 e. The van der Waals surface area contributed by atoms with Gasteiger partial charge in [-0.25, -0.2) is 4.79 Å². The van der Waals surface area contributed by atoms with Gasteiger partial charge >= 0.3 is 11.9 Å². The van der Waals surface area contributed by atoms with Crippen LogP contribution in [0.4, 0.5) is 18.9 Å². The molecule has 1 aromatic heterocycles. The number of alkyl halides is 3. The number of fused-ring (bicyclic) bond motifs is 5. The predicted molar refractivity (Wildman–Crippen MR) is 85.5 cm³/mol. The lowest BCUT2D eigenvalue weighted by Gasteiger charge is -2.25. The maximum atomic E-state index is 12.8. The van der Waals surface area contributed by atoms with Crippen LogP contribution in [0.5, 0.6) is 0 Å². The van der Waals surface area contributed by atoms with Gasteiger partial charge in [-0.15, -0.1) is 0 Å². The molecule has 0 radical (unpaired) electrons. The van der Waals surface area contributed by atoms with E-state index in [1.165, 1.54) is 23.7 Å². The van der Waals surface area contributed by atoms with Crippen LogP contribution in [0.2, 0.25) is 0 Å². The molecule has 130 valence electrons. The molecule has 0 fully saturated rings. The van der Waals surface area contributed by atoms with Crippen molar-refractivity contribution in [3.05, 3.63) is 74.1 Å². The Hall–Kier alpha value is -2.77. The van der Waals surface area contributed by atoms with E-state index >= 15 is 0 Å². The van der Waals surface area contributed by atoms with Crippen LogP contribution in [-0.2, 0) is 20.3 Å². The highest BCUT2D eigenvalue weighted by atomic mass is 19.4. The van der Waals surface area contributed by atoms with Crippen molar-refractivity contribution in [3.8, 4) is 0 Å². The lowest BCUT2D eigenvalue weighted by atomic mass is 10.0. The van der Waals surface area contributed by atoms with E-state index in [4.69, 9.17) is 0 Å². The van der Waals surface area contributed by atoms with E-state index in [1.807, 2.05) is 17.1 Å². The summed E-state index contributed by atoms with van der Waals surface area (Å²) in [5.41, 5.74) is 0.150. The Balaban J connectivity index is 1.83. The van der Waals surface area contributed by atoms with Gasteiger partial charge in [0.05, 0.1) is 28.9 Å². The molecular weight excluding hydrogens is 335 g/mol. The summed E-state index contributed by atoms with van der Waals surface area (Å²) >= 11 is 0. The highest BCUT2D eigenvalue weighted by Gasteiger charge is 2.44. The molecule has 0 aliphatic carbocycles. The zero-order chi connectivity index (χ0) is 18.1. The second-order valence-corrected chi connectivity index (χ2v) is 6.23. The zero-order valence-electron chi connectivity index (χ0n) is 13.4. The van der Waals surface area contributed by atoms with Gasteiger partial charge in [0.15, 0.2) is 0 Å². The normalized spacial score (nSPS) is 21.1. The molecular formula is C17H14F3N3O2. The van der Waals surface area contributed by atoms with Gasteiger partial charge in [0.1, 0.15) is 0 Å². The number of benzene rings is 1. The van der Waals surface area contributed by atoms with Crippen LogP contribution in [0.25, 0.3) is 0 Å². The maximum Gasteiger partial charge on any atom is 0.416 e. The number of halogens is 3. The van der Waals surface area contributed by atoms with Crippen LogP contribution in [0.1, 0.15) is 28.9 Å². The zero-order valence-corrected chi connectivity index (χ0v) is 13.4. The van der Waals surface area contributed by atoms with Crippen molar-refractivity contribution in [3.63, 3.8) is 0 Å². The summed E-state index contributed by atoms with van der Waals surface area (Å²) in [7, 11) is 3.02. The fraction of sp³-hybridized carbons (Fsp3) is 0.294. The fourth-order valence-corrected chi connectivity index (χ4v) is 3.69. The number of nitrogens with zero attached hydrogens (tertiary/aromatic N) is 3. The first kappa shape index (κ1) is 15.7. The van der Waals surface area contributed by atoms with Crippen LogP contribution in [-0.4, -0.2) is 9.13 Å². The molecule has 2 unspecified atom stereocenters. The molecule has 0 spiro atoms. The van der Waals surface area contributed by atoms with E-state index in [0.29, 0.717) is 16.9 Å². The highest BCUT2D eigenvalue weighted by molar-refractivity contribution is 5.62. The average molecular weight is 349 g/mol. The third-order valence-corrected chi connectivity index (χ3v) is 4.89. The Labute approximate surface area is 140 Å². The standard InChI is InChI=1S/C17H14F3N3O2/c1-21-14-12-8-7-11(13(14)15(24)22(2)16(21)25)23(12)10-5-3-9(4-6-10)17(18,19)20/h3-8,11-12H,1-2H3. The molecule has 2 aliphatic rings. The molecule has 5 nitrogen and oxygen atoms in total. The highest BCUT2D eigenvalue weighted by Crippen LogP contribution is 2.49. The monoisotopic (exact) mass is 349 g/mol. The number of aromatic nitrogens is 2. The largest absolute Gasteiger partial charge is 0.416 e. The van der Waals surface area contributed by atoms with Crippen LogP contribution < -0.4 is 16.1 Å². The number of rotatable bonds is 1. The quantitative estimate of drug-likeness (QED) is 0.742. The molecule has 0 saturated heterocycles. The van der Waals surface area contributed by atoms with E-state index in [9.17, 15) is 22.8 Å². The summed E-state index contributed by atoms with van der Waals surface area (Å²) < 4.78 is 40.8. The Morgan fingerprint density at radius 3 is 2.12 bits per heavy atom. The summed E-state index contributed by atoms with van der Waals surface area (Å²) in [6, 6.07) is 4.10. The van der Waals surface area contributed by atoms with Gasteiger partial charge in [0.25, 0.3) is 5.56 Å². The first-order chi connectivity index (χ1) is 11.7. The van der Waals surface area contributed by atoms with E-state index in [2.05, 4.69) is 0 Å². The smallest absolute Gasteiger partial charge is 0.349 e. The van der Waals surface area contributed by atoms with E-state index < -0.39 is 17.4 Å². The molecule has 2 atom stereocenters. The van der Waals surface area contributed by atoms with E-state index in [0.717, 1.165) is 16.7 Å². The fourth-order valence-electron chi connectivity index (χ4n) is 3.69. The van der Waals surface area contributed by atoms with Crippen LogP contribution in [0.3, 0.4) is 0 Å². The Kier molecular flexibility index (Phi) is 3.07. The van der Waals surface area contributed by atoms with E-state index in [-0.39, 0.29) is 17.6 Å². The molecule has 0 N–H and O–H groups in total. The molecule has 3 heterocycles. The molecule has 2 aromatic rings. The van der Waals surface area contributed by atoms with Crippen LogP contribution in [0.15, 0.2) is 46.0 Å². The predicted octanol–water partition coefficient (Wildman–Crippen LogP) is 2.28. The average Bonchev–Trinajstić information content (AvgIpc) is 3.13. The molecule has 4 rings (SSSR count). The van der Waals surface area contributed by atoms with Crippen LogP contribution in [0, 0.1) is 0 Å². The SMILES string of the molecule is Cn1c2c(c(=O)n(C)c1=O)C1C=CC2N1c1ccc(C(F)(F)F)cc1. The van der Waals surface area contributed by atoms with Crippen molar-refractivity contribution in [2.45, 2.75) is 18.3 Å². The summed E-state index contributed by atoms with van der Waals surface area (Å²) in [4.78, 5) is 26.6. The first-order valence-electron chi connectivity index (χ1n) is 7.65. The molecule has 1 aromatic carbocycles. The Morgan fingerprint density at radius 2 is 1.52 bits per heavy atom.